The van der Waals surface area contributed by atoms with Gasteiger partial charge in [-0.3, -0.25) is 9.59 Å². The molecule has 0 aliphatic heterocycles. The molecule has 3 rings (SSSR count). The highest BCUT2D eigenvalue weighted by Gasteiger charge is 2.26. The van der Waals surface area contributed by atoms with Crippen LogP contribution in [0, 0.1) is 0 Å². The first-order chi connectivity index (χ1) is 12.6. The van der Waals surface area contributed by atoms with Crippen LogP contribution in [-0.2, 0) is 11.2 Å². The van der Waals surface area contributed by atoms with E-state index in [1.165, 1.54) is 24.2 Å². The SMILES string of the molecule is O=C(O)CCC(Cc1ccccc1)NC(=O)c1scnc1C1CCCC1. The number of nitrogens with zero attached hydrogens (tertiary/aromatic N) is 1. The zero-order valence-electron chi connectivity index (χ0n) is 14.7. The van der Waals surface area contributed by atoms with Gasteiger partial charge in [0.2, 0.25) is 0 Å². The molecule has 5 nitrogen and oxygen atoms in total. The van der Waals surface area contributed by atoms with Crippen molar-refractivity contribution >= 4 is 23.2 Å². The molecule has 2 N–H and O–H groups in total. The first kappa shape index (κ1) is 18.6. The number of benzene rings is 1. The summed E-state index contributed by atoms with van der Waals surface area (Å²) in [6.45, 7) is 0. The normalized spacial score (nSPS) is 15.7. The standard InChI is InChI=1S/C20H24N2O3S/c23-17(24)11-10-16(12-14-6-2-1-3-7-14)22-20(25)19-18(21-13-26-19)15-8-4-5-9-15/h1-3,6-7,13,15-16H,4-5,8-12H2,(H,22,25)(H,23,24). The summed E-state index contributed by atoms with van der Waals surface area (Å²) >= 11 is 1.38. The number of carboxylic acid groups (broad SMARTS) is 1. The van der Waals surface area contributed by atoms with E-state index in [4.69, 9.17) is 5.11 Å². The lowest BCUT2D eigenvalue weighted by molar-refractivity contribution is -0.137. The van der Waals surface area contributed by atoms with Gasteiger partial charge in [0, 0.05) is 18.4 Å². The molecule has 0 saturated heterocycles. The van der Waals surface area contributed by atoms with Gasteiger partial charge in [-0.15, -0.1) is 11.3 Å². The summed E-state index contributed by atoms with van der Waals surface area (Å²) in [5, 5.41) is 12.1. The summed E-state index contributed by atoms with van der Waals surface area (Å²) in [6, 6.07) is 9.63. The molecule has 1 saturated carbocycles. The Kier molecular flexibility index (Phi) is 6.39. The molecule has 1 aromatic carbocycles. The minimum absolute atomic E-state index is 0.0377. The number of carbonyl (C=O) groups is 2. The Morgan fingerprint density at radius 3 is 2.65 bits per heavy atom. The van der Waals surface area contributed by atoms with Crippen molar-refractivity contribution in [1.29, 1.82) is 0 Å². The number of aromatic nitrogens is 1. The van der Waals surface area contributed by atoms with Gasteiger partial charge in [0.05, 0.1) is 11.2 Å². The van der Waals surface area contributed by atoms with Crippen molar-refractivity contribution in [3.63, 3.8) is 0 Å². The smallest absolute Gasteiger partial charge is 0.303 e. The van der Waals surface area contributed by atoms with Gasteiger partial charge in [-0.1, -0.05) is 43.2 Å². The maximum absolute atomic E-state index is 12.8. The van der Waals surface area contributed by atoms with Crippen molar-refractivity contribution in [2.45, 2.75) is 56.9 Å². The summed E-state index contributed by atoms with van der Waals surface area (Å²) in [5.74, 6) is -0.587. The van der Waals surface area contributed by atoms with Crippen LogP contribution in [0.15, 0.2) is 35.8 Å². The Labute approximate surface area is 157 Å². The quantitative estimate of drug-likeness (QED) is 0.734. The van der Waals surface area contributed by atoms with Gasteiger partial charge in [-0.2, -0.15) is 0 Å². The molecule has 0 bridgehead atoms. The number of amides is 1. The maximum Gasteiger partial charge on any atom is 0.303 e. The van der Waals surface area contributed by atoms with Crippen molar-refractivity contribution in [1.82, 2.24) is 10.3 Å². The predicted octanol–water partition coefficient (Wildman–Crippen LogP) is 4.01. The van der Waals surface area contributed by atoms with Crippen molar-refractivity contribution in [3.8, 4) is 0 Å². The fraction of sp³-hybridized carbons (Fsp3) is 0.450. The molecule has 0 radical (unpaired) electrons. The third kappa shape index (κ3) is 4.91. The fourth-order valence-electron chi connectivity index (χ4n) is 3.59. The minimum atomic E-state index is -0.846. The number of carbonyl (C=O) groups excluding carboxylic acids is 1. The molecule has 6 heteroatoms. The number of carboxylic acids is 1. The van der Waals surface area contributed by atoms with Gasteiger partial charge < -0.3 is 10.4 Å². The Bertz CT molecular complexity index is 739. The van der Waals surface area contributed by atoms with Crippen LogP contribution in [0.5, 0.6) is 0 Å². The highest BCUT2D eigenvalue weighted by molar-refractivity contribution is 7.11. The van der Waals surface area contributed by atoms with E-state index in [9.17, 15) is 9.59 Å². The third-order valence-corrected chi connectivity index (χ3v) is 5.75. The number of hydrogen-bond donors (Lipinski definition) is 2. The molecule has 138 valence electrons. The van der Waals surface area contributed by atoms with Gasteiger partial charge in [-0.25, -0.2) is 4.98 Å². The molecule has 1 fully saturated rings. The Morgan fingerprint density at radius 1 is 1.23 bits per heavy atom. The average Bonchev–Trinajstić information content (AvgIpc) is 3.31. The zero-order valence-corrected chi connectivity index (χ0v) is 15.5. The van der Waals surface area contributed by atoms with E-state index in [1.54, 1.807) is 5.51 Å². The van der Waals surface area contributed by atoms with Gasteiger partial charge in [-0.05, 0) is 31.2 Å². The molecule has 0 spiro atoms. The van der Waals surface area contributed by atoms with Crippen LogP contribution in [0.3, 0.4) is 0 Å². The second-order valence-corrected chi connectivity index (χ2v) is 7.70. The second-order valence-electron chi connectivity index (χ2n) is 6.84. The highest BCUT2D eigenvalue weighted by Crippen LogP contribution is 2.36. The fourth-order valence-corrected chi connectivity index (χ4v) is 4.37. The molecule has 2 aromatic rings. The van der Waals surface area contributed by atoms with Gasteiger partial charge >= 0.3 is 5.97 Å². The molecule has 1 heterocycles. The van der Waals surface area contributed by atoms with Crippen molar-refractivity contribution < 1.29 is 14.7 Å². The molecule has 1 atom stereocenters. The number of nitrogens with one attached hydrogen (secondary N) is 1. The predicted molar refractivity (Wildman–Crippen MR) is 102 cm³/mol. The van der Waals surface area contributed by atoms with Crippen LogP contribution in [0.4, 0.5) is 0 Å². The average molecular weight is 372 g/mol. The molecule has 1 amide bonds. The zero-order chi connectivity index (χ0) is 18.4. The first-order valence-corrected chi connectivity index (χ1v) is 10.0. The molecule has 26 heavy (non-hydrogen) atoms. The summed E-state index contributed by atoms with van der Waals surface area (Å²) in [7, 11) is 0. The van der Waals surface area contributed by atoms with E-state index in [-0.39, 0.29) is 18.4 Å². The molecule has 1 unspecified atom stereocenters. The van der Waals surface area contributed by atoms with Crippen LogP contribution >= 0.6 is 11.3 Å². The maximum atomic E-state index is 12.8. The van der Waals surface area contributed by atoms with E-state index in [0.717, 1.165) is 24.1 Å². The summed E-state index contributed by atoms with van der Waals surface area (Å²) in [4.78, 5) is 29.0. The Balaban J connectivity index is 1.70. The largest absolute Gasteiger partial charge is 0.481 e. The lowest BCUT2D eigenvalue weighted by Gasteiger charge is -2.19. The lowest BCUT2D eigenvalue weighted by Crippen LogP contribution is -2.37. The third-order valence-electron chi connectivity index (χ3n) is 4.91. The number of thiazole rings is 1. The number of rotatable bonds is 8. The van der Waals surface area contributed by atoms with Crippen molar-refractivity contribution in [3.05, 3.63) is 52.0 Å². The number of hydrogen-bond acceptors (Lipinski definition) is 4. The first-order valence-electron chi connectivity index (χ1n) is 9.13. The number of aliphatic carboxylic acids is 1. The highest BCUT2D eigenvalue weighted by atomic mass is 32.1. The van der Waals surface area contributed by atoms with E-state index in [1.807, 2.05) is 30.3 Å². The van der Waals surface area contributed by atoms with Crippen LogP contribution < -0.4 is 5.32 Å². The van der Waals surface area contributed by atoms with Gasteiger partial charge in [0.15, 0.2) is 0 Å². The Morgan fingerprint density at radius 2 is 1.96 bits per heavy atom. The van der Waals surface area contributed by atoms with Crippen molar-refractivity contribution in [2.75, 3.05) is 0 Å². The molecular weight excluding hydrogens is 348 g/mol. The second kappa shape index (κ2) is 8.94. The minimum Gasteiger partial charge on any atom is -0.481 e. The van der Waals surface area contributed by atoms with E-state index < -0.39 is 5.97 Å². The van der Waals surface area contributed by atoms with Crippen LogP contribution in [0.25, 0.3) is 0 Å². The Hall–Kier alpha value is -2.21. The van der Waals surface area contributed by atoms with E-state index >= 15 is 0 Å². The topological polar surface area (TPSA) is 79.3 Å². The van der Waals surface area contributed by atoms with E-state index in [2.05, 4.69) is 10.3 Å². The van der Waals surface area contributed by atoms with Gasteiger partial charge in [0.25, 0.3) is 5.91 Å². The lowest BCUT2D eigenvalue weighted by atomic mass is 10.0. The monoisotopic (exact) mass is 372 g/mol. The summed E-state index contributed by atoms with van der Waals surface area (Å²) in [5.41, 5.74) is 3.75. The molecular formula is C20H24N2O3S. The van der Waals surface area contributed by atoms with Gasteiger partial charge in [0.1, 0.15) is 4.88 Å². The van der Waals surface area contributed by atoms with Crippen molar-refractivity contribution in [2.24, 2.45) is 0 Å². The summed E-state index contributed by atoms with van der Waals surface area (Å²) in [6.07, 6.45) is 5.64. The molecule has 1 aromatic heterocycles. The van der Waals surface area contributed by atoms with Crippen LogP contribution in [0.1, 0.15) is 65.4 Å². The van der Waals surface area contributed by atoms with Crippen LogP contribution in [0.2, 0.25) is 0 Å². The van der Waals surface area contributed by atoms with E-state index in [0.29, 0.717) is 23.6 Å². The molecule has 1 aliphatic carbocycles. The molecule has 1 aliphatic rings. The van der Waals surface area contributed by atoms with Crippen LogP contribution in [-0.4, -0.2) is 28.0 Å². The summed E-state index contributed by atoms with van der Waals surface area (Å²) < 4.78 is 0.